The van der Waals surface area contributed by atoms with Crippen molar-refractivity contribution >= 4 is 28.5 Å². The third-order valence-corrected chi connectivity index (χ3v) is 2.69. The first-order valence-electron chi connectivity index (χ1n) is 5.55. The predicted octanol–water partition coefficient (Wildman–Crippen LogP) is 1.98. The van der Waals surface area contributed by atoms with Gasteiger partial charge in [-0.3, -0.25) is 4.79 Å². The highest BCUT2D eigenvalue weighted by Crippen LogP contribution is 2.16. The van der Waals surface area contributed by atoms with Crippen LogP contribution in [0.2, 0.25) is 5.28 Å². The van der Waals surface area contributed by atoms with Crippen molar-refractivity contribution in [3.05, 3.63) is 29.0 Å². The topological polar surface area (TPSA) is 67.0 Å². The third kappa shape index (κ3) is 2.80. The fraction of sp³-hybridized carbons (Fsp3) is 0.333. The number of fused-ring (bicyclic) bond motifs is 1. The lowest BCUT2D eigenvalue weighted by Crippen LogP contribution is -2.35. The van der Waals surface area contributed by atoms with Crippen LogP contribution < -0.4 is 5.32 Å². The smallest absolute Gasteiger partial charge is 0.251 e. The summed E-state index contributed by atoms with van der Waals surface area (Å²) in [5.41, 5.74) is 2.04. The fourth-order valence-electron chi connectivity index (χ4n) is 1.72. The standard InChI is InChI=1S/C12H14ClN3O2/c1-7(6-18-2)14-11(17)8-3-4-9-10(5-8)16-12(13)15-9/h3-5,7H,6H2,1-2H3,(H,14,17)(H,15,16)/t7-/m0/s1. The molecule has 6 heteroatoms. The van der Waals surface area contributed by atoms with Crippen LogP contribution in [0.25, 0.3) is 11.0 Å². The van der Waals surface area contributed by atoms with Gasteiger partial charge < -0.3 is 15.0 Å². The number of aromatic nitrogens is 2. The van der Waals surface area contributed by atoms with E-state index in [1.807, 2.05) is 6.92 Å². The van der Waals surface area contributed by atoms with E-state index in [1.54, 1.807) is 25.3 Å². The van der Waals surface area contributed by atoms with Gasteiger partial charge in [0.1, 0.15) is 0 Å². The number of hydrogen-bond donors (Lipinski definition) is 2. The van der Waals surface area contributed by atoms with Crippen molar-refractivity contribution < 1.29 is 9.53 Å². The Bertz CT molecular complexity index is 567. The quantitative estimate of drug-likeness (QED) is 0.890. The highest BCUT2D eigenvalue weighted by atomic mass is 35.5. The average Bonchev–Trinajstić information content (AvgIpc) is 2.68. The molecule has 0 aliphatic rings. The molecule has 0 saturated heterocycles. The number of nitrogens with one attached hydrogen (secondary N) is 2. The van der Waals surface area contributed by atoms with Gasteiger partial charge in [-0.15, -0.1) is 0 Å². The van der Waals surface area contributed by atoms with E-state index in [4.69, 9.17) is 16.3 Å². The van der Waals surface area contributed by atoms with Crippen molar-refractivity contribution in [3.8, 4) is 0 Å². The molecule has 0 aliphatic carbocycles. The molecule has 0 aliphatic heterocycles. The number of carbonyl (C=O) groups is 1. The van der Waals surface area contributed by atoms with Crippen molar-refractivity contribution in [3.63, 3.8) is 0 Å². The minimum absolute atomic E-state index is 0.0384. The van der Waals surface area contributed by atoms with Crippen LogP contribution in [0.4, 0.5) is 0 Å². The number of aromatic amines is 1. The second-order valence-electron chi connectivity index (χ2n) is 4.09. The minimum Gasteiger partial charge on any atom is -0.383 e. The van der Waals surface area contributed by atoms with Crippen molar-refractivity contribution in [1.82, 2.24) is 15.3 Å². The Balaban J connectivity index is 2.17. The van der Waals surface area contributed by atoms with E-state index >= 15 is 0 Å². The van der Waals surface area contributed by atoms with E-state index in [1.165, 1.54) is 0 Å². The lowest BCUT2D eigenvalue weighted by atomic mass is 10.2. The summed E-state index contributed by atoms with van der Waals surface area (Å²) in [6.45, 7) is 2.36. The zero-order valence-corrected chi connectivity index (χ0v) is 10.9. The molecule has 2 rings (SSSR count). The molecule has 5 nitrogen and oxygen atoms in total. The number of H-pyrrole nitrogens is 1. The molecular formula is C12H14ClN3O2. The van der Waals surface area contributed by atoms with Gasteiger partial charge in [0, 0.05) is 18.7 Å². The zero-order valence-electron chi connectivity index (χ0n) is 10.2. The van der Waals surface area contributed by atoms with Crippen LogP contribution >= 0.6 is 11.6 Å². The monoisotopic (exact) mass is 267 g/mol. The summed E-state index contributed by atoms with van der Waals surface area (Å²) in [5, 5.41) is 3.15. The van der Waals surface area contributed by atoms with Crippen LogP contribution in [0, 0.1) is 0 Å². The summed E-state index contributed by atoms with van der Waals surface area (Å²) in [6.07, 6.45) is 0. The predicted molar refractivity (Wildman–Crippen MR) is 69.9 cm³/mol. The van der Waals surface area contributed by atoms with E-state index in [9.17, 15) is 4.79 Å². The molecule has 1 aromatic heterocycles. The van der Waals surface area contributed by atoms with Crippen LogP contribution in [0.15, 0.2) is 18.2 Å². The normalized spacial score (nSPS) is 12.6. The first-order valence-corrected chi connectivity index (χ1v) is 5.93. The summed E-state index contributed by atoms with van der Waals surface area (Å²) in [7, 11) is 1.60. The van der Waals surface area contributed by atoms with Gasteiger partial charge in [0.25, 0.3) is 5.91 Å². The molecular weight excluding hydrogens is 254 g/mol. The first-order chi connectivity index (χ1) is 8.60. The number of ether oxygens (including phenoxy) is 1. The molecule has 1 heterocycles. The Kier molecular flexibility index (Phi) is 3.84. The summed E-state index contributed by atoms with van der Waals surface area (Å²) >= 11 is 5.76. The second-order valence-corrected chi connectivity index (χ2v) is 4.45. The maximum Gasteiger partial charge on any atom is 0.251 e. The number of halogens is 1. The largest absolute Gasteiger partial charge is 0.383 e. The van der Waals surface area contributed by atoms with Gasteiger partial charge >= 0.3 is 0 Å². The number of methoxy groups -OCH3 is 1. The highest BCUT2D eigenvalue weighted by molar-refractivity contribution is 6.29. The molecule has 96 valence electrons. The fourth-order valence-corrected chi connectivity index (χ4v) is 1.91. The van der Waals surface area contributed by atoms with Crippen LogP contribution in [0.5, 0.6) is 0 Å². The molecule has 2 N–H and O–H groups in total. The number of imidazole rings is 1. The number of carbonyl (C=O) groups excluding carboxylic acids is 1. The Morgan fingerprint density at radius 2 is 2.39 bits per heavy atom. The third-order valence-electron chi connectivity index (χ3n) is 2.51. The van der Waals surface area contributed by atoms with E-state index in [2.05, 4.69) is 15.3 Å². The van der Waals surface area contributed by atoms with Crippen molar-refractivity contribution in [2.45, 2.75) is 13.0 Å². The second kappa shape index (κ2) is 5.37. The maximum atomic E-state index is 11.9. The summed E-state index contributed by atoms with van der Waals surface area (Å²) in [6, 6.07) is 5.16. The lowest BCUT2D eigenvalue weighted by Gasteiger charge is -2.12. The molecule has 2 aromatic rings. The molecule has 1 aromatic carbocycles. The van der Waals surface area contributed by atoms with Crippen LogP contribution in [-0.4, -0.2) is 35.6 Å². The molecule has 1 amide bonds. The van der Waals surface area contributed by atoms with Crippen LogP contribution in [0.3, 0.4) is 0 Å². The summed E-state index contributed by atoms with van der Waals surface area (Å²) < 4.78 is 4.97. The number of hydrogen-bond acceptors (Lipinski definition) is 3. The molecule has 0 radical (unpaired) electrons. The molecule has 18 heavy (non-hydrogen) atoms. The Morgan fingerprint density at radius 3 is 3.11 bits per heavy atom. The van der Waals surface area contributed by atoms with Gasteiger partial charge in [0.2, 0.25) is 5.28 Å². The number of amides is 1. The Labute approximate surface area is 109 Å². The average molecular weight is 268 g/mol. The lowest BCUT2D eigenvalue weighted by molar-refractivity contribution is 0.0905. The van der Waals surface area contributed by atoms with E-state index < -0.39 is 0 Å². The van der Waals surface area contributed by atoms with E-state index in [0.29, 0.717) is 17.5 Å². The summed E-state index contributed by atoms with van der Waals surface area (Å²) in [4.78, 5) is 18.9. The van der Waals surface area contributed by atoms with Crippen molar-refractivity contribution in [2.75, 3.05) is 13.7 Å². The number of rotatable bonds is 4. The minimum atomic E-state index is -0.146. The van der Waals surface area contributed by atoms with Crippen molar-refractivity contribution in [1.29, 1.82) is 0 Å². The maximum absolute atomic E-state index is 11.9. The van der Waals surface area contributed by atoms with Gasteiger partial charge in [-0.1, -0.05) is 0 Å². The molecule has 0 bridgehead atoms. The summed E-state index contributed by atoms with van der Waals surface area (Å²) in [5.74, 6) is -0.146. The molecule has 0 saturated carbocycles. The number of benzene rings is 1. The zero-order chi connectivity index (χ0) is 13.1. The van der Waals surface area contributed by atoms with E-state index in [0.717, 1.165) is 11.0 Å². The molecule has 0 unspecified atom stereocenters. The SMILES string of the molecule is COC[C@H](C)NC(=O)c1ccc2nc(Cl)[nH]c2c1. The van der Waals surface area contributed by atoms with Crippen LogP contribution in [0.1, 0.15) is 17.3 Å². The Morgan fingerprint density at radius 1 is 1.61 bits per heavy atom. The molecule has 0 spiro atoms. The van der Waals surface area contributed by atoms with Gasteiger partial charge in [0.15, 0.2) is 0 Å². The highest BCUT2D eigenvalue weighted by Gasteiger charge is 2.11. The van der Waals surface area contributed by atoms with Gasteiger partial charge in [-0.2, -0.15) is 0 Å². The first kappa shape index (κ1) is 12.9. The van der Waals surface area contributed by atoms with Crippen LogP contribution in [-0.2, 0) is 4.74 Å². The molecule has 0 fully saturated rings. The van der Waals surface area contributed by atoms with E-state index in [-0.39, 0.29) is 11.9 Å². The van der Waals surface area contributed by atoms with Gasteiger partial charge in [0.05, 0.1) is 17.6 Å². The van der Waals surface area contributed by atoms with Gasteiger partial charge in [-0.05, 0) is 36.7 Å². The van der Waals surface area contributed by atoms with Crippen molar-refractivity contribution in [2.24, 2.45) is 0 Å². The van der Waals surface area contributed by atoms with Gasteiger partial charge in [-0.25, -0.2) is 4.98 Å². The Hall–Kier alpha value is -1.59. The number of nitrogens with zero attached hydrogens (tertiary/aromatic N) is 1. The molecule has 1 atom stereocenters.